The molecule has 1 rings (SSSR count). The molecule has 0 fully saturated rings. The Hall–Kier alpha value is -1.24. The molecule has 0 aromatic heterocycles. The number of benzene rings is 1. The van der Waals surface area contributed by atoms with Gasteiger partial charge in [0.1, 0.15) is 5.75 Å². The molecule has 0 bridgehead atoms. The van der Waals surface area contributed by atoms with Gasteiger partial charge in [0, 0.05) is 0 Å². The van der Waals surface area contributed by atoms with Crippen molar-refractivity contribution in [3.8, 4) is 5.75 Å². The largest absolute Gasteiger partial charge is 0.497 e. The molecule has 1 heteroatoms. The summed E-state index contributed by atoms with van der Waals surface area (Å²) in [6.07, 6.45) is 8.47. The summed E-state index contributed by atoms with van der Waals surface area (Å²) >= 11 is 0. The van der Waals surface area contributed by atoms with Crippen molar-refractivity contribution in [2.24, 2.45) is 0 Å². The van der Waals surface area contributed by atoms with Crippen molar-refractivity contribution in [3.05, 3.63) is 35.9 Å². The highest BCUT2D eigenvalue weighted by Crippen LogP contribution is 2.24. The van der Waals surface area contributed by atoms with Gasteiger partial charge in [-0.2, -0.15) is 0 Å². The molecule has 94 valence electrons. The van der Waals surface area contributed by atoms with Crippen LogP contribution < -0.4 is 4.74 Å². The van der Waals surface area contributed by atoms with E-state index in [1.165, 1.54) is 43.2 Å². The lowest BCUT2D eigenvalue weighted by molar-refractivity contribution is 0.415. The highest BCUT2D eigenvalue weighted by molar-refractivity contribution is 5.66. The molecule has 0 N–H and O–H groups in total. The van der Waals surface area contributed by atoms with E-state index >= 15 is 0 Å². The number of ether oxygens (including phenoxy) is 1. The first-order valence-electron chi connectivity index (χ1n) is 6.65. The van der Waals surface area contributed by atoms with E-state index in [9.17, 15) is 0 Å². The quantitative estimate of drug-likeness (QED) is 0.637. The summed E-state index contributed by atoms with van der Waals surface area (Å²) < 4.78 is 5.19. The van der Waals surface area contributed by atoms with Crippen LogP contribution in [0.5, 0.6) is 5.75 Å². The number of unbranched alkanes of at least 4 members (excludes halogenated alkanes) is 2. The minimum absolute atomic E-state index is 0.930. The van der Waals surface area contributed by atoms with Crippen molar-refractivity contribution in [3.63, 3.8) is 0 Å². The van der Waals surface area contributed by atoms with E-state index < -0.39 is 0 Å². The van der Waals surface area contributed by atoms with Crippen molar-refractivity contribution in [1.82, 2.24) is 0 Å². The van der Waals surface area contributed by atoms with Crippen molar-refractivity contribution in [1.29, 1.82) is 0 Å². The third-order valence-corrected chi connectivity index (χ3v) is 2.94. The summed E-state index contributed by atoms with van der Waals surface area (Å²) in [5, 5.41) is 0. The first-order chi connectivity index (χ1) is 8.31. The lowest BCUT2D eigenvalue weighted by Crippen LogP contribution is -1.87. The van der Waals surface area contributed by atoms with Crippen LogP contribution in [0, 0.1) is 0 Å². The summed E-state index contributed by atoms with van der Waals surface area (Å²) in [6.45, 7) is 4.47. The zero-order valence-corrected chi connectivity index (χ0v) is 11.3. The fourth-order valence-electron chi connectivity index (χ4n) is 1.86. The van der Waals surface area contributed by atoms with Crippen molar-refractivity contribution < 1.29 is 4.74 Å². The molecule has 0 amide bonds. The Balaban J connectivity index is 2.79. The highest BCUT2D eigenvalue weighted by Gasteiger charge is 2.01. The fraction of sp³-hybridized carbons (Fsp3) is 0.500. The lowest BCUT2D eigenvalue weighted by atomic mass is 9.99. The number of methoxy groups -OCH3 is 1. The molecule has 0 saturated heterocycles. The fourth-order valence-corrected chi connectivity index (χ4v) is 1.86. The normalized spacial score (nSPS) is 11.6. The summed E-state index contributed by atoms with van der Waals surface area (Å²) in [6, 6.07) is 8.41. The van der Waals surface area contributed by atoms with Crippen LogP contribution in [0.25, 0.3) is 5.57 Å². The van der Waals surface area contributed by atoms with Gasteiger partial charge >= 0.3 is 0 Å². The topological polar surface area (TPSA) is 9.23 Å². The van der Waals surface area contributed by atoms with Gasteiger partial charge in [0.2, 0.25) is 0 Å². The van der Waals surface area contributed by atoms with E-state index in [0.717, 1.165) is 5.75 Å². The summed E-state index contributed by atoms with van der Waals surface area (Å²) in [7, 11) is 1.71. The van der Waals surface area contributed by atoms with Gasteiger partial charge < -0.3 is 4.74 Å². The maximum Gasteiger partial charge on any atom is 0.118 e. The maximum absolute atomic E-state index is 5.19. The van der Waals surface area contributed by atoms with E-state index in [1.54, 1.807) is 7.11 Å². The molecule has 1 nitrogen and oxygen atoms in total. The second kappa shape index (κ2) is 7.94. The molecule has 0 radical (unpaired) electrons. The molecule has 0 heterocycles. The van der Waals surface area contributed by atoms with E-state index in [-0.39, 0.29) is 0 Å². The molecule has 0 unspecified atom stereocenters. The predicted octanol–water partition coefficient (Wildman–Crippen LogP) is 5.07. The zero-order valence-electron chi connectivity index (χ0n) is 11.3. The smallest absolute Gasteiger partial charge is 0.118 e. The minimum Gasteiger partial charge on any atom is -0.497 e. The molecule has 0 saturated carbocycles. The van der Waals surface area contributed by atoms with Crippen molar-refractivity contribution >= 4 is 5.57 Å². The van der Waals surface area contributed by atoms with Gasteiger partial charge in [0.15, 0.2) is 0 Å². The van der Waals surface area contributed by atoms with Crippen LogP contribution in [-0.2, 0) is 0 Å². The Labute approximate surface area is 106 Å². The monoisotopic (exact) mass is 232 g/mol. The number of allylic oxidation sites excluding steroid dienone is 2. The Bertz CT molecular complexity index is 335. The van der Waals surface area contributed by atoms with Crippen LogP contribution in [0.3, 0.4) is 0 Å². The van der Waals surface area contributed by atoms with Crippen molar-refractivity contribution in [2.75, 3.05) is 7.11 Å². The molecule has 1 aromatic rings. The van der Waals surface area contributed by atoms with E-state index in [0.29, 0.717) is 0 Å². The SMILES string of the molecule is CCC/C=C(/CCCC)c1ccc(OC)cc1. The predicted molar refractivity (Wildman–Crippen MR) is 75.4 cm³/mol. The summed E-state index contributed by atoms with van der Waals surface area (Å²) in [5.74, 6) is 0.930. The average Bonchev–Trinajstić information content (AvgIpc) is 2.39. The van der Waals surface area contributed by atoms with Gasteiger partial charge in [-0.3, -0.25) is 0 Å². The van der Waals surface area contributed by atoms with Crippen LogP contribution in [0.1, 0.15) is 51.5 Å². The van der Waals surface area contributed by atoms with E-state index in [2.05, 4.69) is 32.1 Å². The molecule has 0 aliphatic carbocycles. The van der Waals surface area contributed by atoms with Crippen molar-refractivity contribution in [2.45, 2.75) is 46.0 Å². The Kier molecular flexibility index (Phi) is 6.46. The lowest BCUT2D eigenvalue weighted by Gasteiger charge is -2.08. The molecule has 0 spiro atoms. The van der Waals surface area contributed by atoms with Gasteiger partial charge in [0.05, 0.1) is 7.11 Å². The Morgan fingerprint density at radius 1 is 1.12 bits per heavy atom. The standard InChI is InChI=1S/C16H24O/c1-4-6-8-14(9-7-5-2)15-10-12-16(17-3)13-11-15/h8,10-13H,4-7,9H2,1-3H3/b14-8-. The molecule has 17 heavy (non-hydrogen) atoms. The second-order valence-corrected chi connectivity index (χ2v) is 4.35. The second-order valence-electron chi connectivity index (χ2n) is 4.35. The Morgan fingerprint density at radius 3 is 2.35 bits per heavy atom. The molecule has 0 aliphatic rings. The maximum atomic E-state index is 5.19. The summed E-state index contributed by atoms with van der Waals surface area (Å²) in [4.78, 5) is 0. The molecular formula is C16H24O. The zero-order chi connectivity index (χ0) is 12.5. The Morgan fingerprint density at radius 2 is 1.82 bits per heavy atom. The first kappa shape index (κ1) is 13.8. The minimum atomic E-state index is 0.930. The molecule has 0 atom stereocenters. The third kappa shape index (κ3) is 4.64. The number of rotatable bonds is 7. The summed E-state index contributed by atoms with van der Waals surface area (Å²) in [5.41, 5.74) is 2.82. The first-order valence-corrected chi connectivity index (χ1v) is 6.65. The number of hydrogen-bond donors (Lipinski definition) is 0. The van der Waals surface area contributed by atoms with E-state index in [1.807, 2.05) is 12.1 Å². The van der Waals surface area contributed by atoms with Gasteiger partial charge in [-0.25, -0.2) is 0 Å². The van der Waals surface area contributed by atoms with Gasteiger partial charge in [-0.15, -0.1) is 0 Å². The van der Waals surface area contributed by atoms with Gasteiger partial charge in [-0.05, 0) is 42.5 Å². The molecule has 1 aromatic carbocycles. The average molecular weight is 232 g/mol. The number of hydrogen-bond acceptors (Lipinski definition) is 1. The van der Waals surface area contributed by atoms with Crippen LogP contribution in [0.15, 0.2) is 30.3 Å². The van der Waals surface area contributed by atoms with Crippen LogP contribution >= 0.6 is 0 Å². The van der Waals surface area contributed by atoms with Crippen LogP contribution in [0.2, 0.25) is 0 Å². The molecular weight excluding hydrogens is 208 g/mol. The van der Waals surface area contributed by atoms with Gasteiger partial charge in [-0.1, -0.05) is 44.9 Å². The molecule has 0 aliphatic heterocycles. The third-order valence-electron chi connectivity index (χ3n) is 2.94. The van der Waals surface area contributed by atoms with Gasteiger partial charge in [0.25, 0.3) is 0 Å². The van der Waals surface area contributed by atoms with E-state index in [4.69, 9.17) is 4.74 Å². The van der Waals surface area contributed by atoms with Crippen LogP contribution in [0.4, 0.5) is 0 Å². The highest BCUT2D eigenvalue weighted by atomic mass is 16.5. The van der Waals surface area contributed by atoms with Crippen LogP contribution in [-0.4, -0.2) is 7.11 Å².